The maximum Gasteiger partial charge on any atom is 0.308 e. The lowest BCUT2D eigenvalue weighted by Gasteiger charge is -2.27. The smallest absolute Gasteiger partial charge is 0.308 e. The van der Waals surface area contributed by atoms with E-state index >= 15 is 0 Å². The fourth-order valence-corrected chi connectivity index (χ4v) is 4.07. The molecule has 0 saturated carbocycles. The standard InChI is InChI=1S/C28H38N2O11/c1-28(2,3)41-24(32)8-9-36-10-11-37-12-13-38-14-15-39-16-17-40-19-4-5-20-21(18-19)27(35)30(26(20)34)22-6-7-23(31)29-25(22)33/h4-5,18,22H,6-17H2,1-3H3,(H,29,31,33). The van der Waals surface area contributed by atoms with E-state index < -0.39 is 35.3 Å². The van der Waals surface area contributed by atoms with Crippen LogP contribution in [0.2, 0.25) is 0 Å². The molecule has 0 aromatic heterocycles. The highest BCUT2D eigenvalue weighted by Gasteiger charge is 2.44. The van der Waals surface area contributed by atoms with Crippen LogP contribution in [0.15, 0.2) is 18.2 Å². The fraction of sp³-hybridized carbons (Fsp3) is 0.607. The molecule has 0 bridgehead atoms. The number of fused-ring (bicyclic) bond motifs is 1. The van der Waals surface area contributed by atoms with Crippen LogP contribution in [0.3, 0.4) is 0 Å². The minimum Gasteiger partial charge on any atom is -0.491 e. The Balaban J connectivity index is 1.20. The summed E-state index contributed by atoms with van der Waals surface area (Å²) in [6.07, 6.45) is 0.359. The Morgan fingerprint density at radius 3 is 1.98 bits per heavy atom. The number of benzene rings is 1. The molecule has 1 aromatic carbocycles. The third-order valence-corrected chi connectivity index (χ3v) is 5.89. The zero-order valence-electron chi connectivity index (χ0n) is 23.7. The second-order valence-electron chi connectivity index (χ2n) is 10.3. The lowest BCUT2D eigenvalue weighted by Crippen LogP contribution is -2.54. The molecule has 13 nitrogen and oxygen atoms in total. The lowest BCUT2D eigenvalue weighted by atomic mass is 10.0. The third-order valence-electron chi connectivity index (χ3n) is 5.89. The first kappa shape index (κ1) is 32.1. The molecule has 1 unspecified atom stereocenters. The summed E-state index contributed by atoms with van der Waals surface area (Å²) >= 11 is 0. The van der Waals surface area contributed by atoms with Gasteiger partial charge in [0.1, 0.15) is 24.0 Å². The summed E-state index contributed by atoms with van der Waals surface area (Å²) < 4.78 is 32.5. The zero-order valence-corrected chi connectivity index (χ0v) is 23.7. The van der Waals surface area contributed by atoms with Crippen LogP contribution in [-0.2, 0) is 38.1 Å². The van der Waals surface area contributed by atoms with E-state index in [2.05, 4.69) is 5.32 Å². The van der Waals surface area contributed by atoms with Gasteiger partial charge < -0.3 is 28.4 Å². The number of rotatable bonds is 17. The fourth-order valence-electron chi connectivity index (χ4n) is 4.07. The van der Waals surface area contributed by atoms with Gasteiger partial charge in [-0.15, -0.1) is 0 Å². The Hall–Kier alpha value is -3.39. The van der Waals surface area contributed by atoms with E-state index in [0.29, 0.717) is 45.4 Å². The van der Waals surface area contributed by atoms with Gasteiger partial charge in [0.2, 0.25) is 11.8 Å². The molecule has 1 saturated heterocycles. The molecule has 1 N–H and O–H groups in total. The molecule has 0 radical (unpaired) electrons. The molecule has 1 fully saturated rings. The highest BCUT2D eigenvalue weighted by Crippen LogP contribution is 2.30. The van der Waals surface area contributed by atoms with Crippen molar-refractivity contribution in [1.82, 2.24) is 10.2 Å². The van der Waals surface area contributed by atoms with E-state index in [0.717, 1.165) is 4.90 Å². The number of nitrogens with zero attached hydrogens (tertiary/aromatic N) is 1. The Labute approximate surface area is 238 Å². The second kappa shape index (κ2) is 15.6. The van der Waals surface area contributed by atoms with Crippen LogP contribution >= 0.6 is 0 Å². The van der Waals surface area contributed by atoms with Crippen LogP contribution in [0.25, 0.3) is 0 Å². The normalized spacial score (nSPS) is 17.0. The number of nitrogens with one attached hydrogen (secondary N) is 1. The summed E-state index contributed by atoms with van der Waals surface area (Å²) in [4.78, 5) is 61.6. The van der Waals surface area contributed by atoms with Crippen LogP contribution in [0, 0.1) is 0 Å². The van der Waals surface area contributed by atoms with Gasteiger partial charge in [0.15, 0.2) is 0 Å². The Morgan fingerprint density at radius 2 is 1.39 bits per heavy atom. The lowest BCUT2D eigenvalue weighted by molar-refractivity contribution is -0.156. The summed E-state index contributed by atoms with van der Waals surface area (Å²) in [5.41, 5.74) is -0.156. The largest absolute Gasteiger partial charge is 0.491 e. The maximum atomic E-state index is 12.9. The monoisotopic (exact) mass is 578 g/mol. The van der Waals surface area contributed by atoms with E-state index in [1.54, 1.807) is 6.07 Å². The van der Waals surface area contributed by atoms with Crippen molar-refractivity contribution in [2.24, 2.45) is 0 Å². The molecule has 226 valence electrons. The highest BCUT2D eigenvalue weighted by atomic mass is 16.6. The number of ether oxygens (including phenoxy) is 6. The summed E-state index contributed by atoms with van der Waals surface area (Å²) in [7, 11) is 0. The van der Waals surface area contributed by atoms with Gasteiger partial charge in [0.25, 0.3) is 11.8 Å². The molecule has 2 aliphatic heterocycles. The van der Waals surface area contributed by atoms with Gasteiger partial charge in [-0.1, -0.05) is 0 Å². The van der Waals surface area contributed by atoms with Crippen molar-refractivity contribution in [2.45, 2.75) is 51.7 Å². The first-order valence-electron chi connectivity index (χ1n) is 13.6. The van der Waals surface area contributed by atoms with Gasteiger partial charge in [-0.25, -0.2) is 0 Å². The van der Waals surface area contributed by atoms with Gasteiger partial charge in [0.05, 0.1) is 70.4 Å². The van der Waals surface area contributed by atoms with Gasteiger partial charge >= 0.3 is 5.97 Å². The number of carbonyl (C=O) groups excluding carboxylic acids is 5. The second-order valence-corrected chi connectivity index (χ2v) is 10.3. The highest BCUT2D eigenvalue weighted by molar-refractivity contribution is 6.23. The average Bonchev–Trinajstić information content (AvgIpc) is 3.14. The molecule has 41 heavy (non-hydrogen) atoms. The summed E-state index contributed by atoms with van der Waals surface area (Å²) in [5.74, 6) is -2.14. The molecule has 1 atom stereocenters. The number of piperidine rings is 1. The molecular formula is C28H38N2O11. The van der Waals surface area contributed by atoms with Crippen molar-refractivity contribution < 1.29 is 52.4 Å². The van der Waals surface area contributed by atoms with Crippen molar-refractivity contribution in [3.63, 3.8) is 0 Å². The van der Waals surface area contributed by atoms with E-state index in [4.69, 9.17) is 28.4 Å². The molecule has 2 aliphatic rings. The number of hydrogen-bond acceptors (Lipinski definition) is 11. The molecule has 0 aliphatic carbocycles. The predicted octanol–water partition coefficient (Wildman–Crippen LogP) is 1.26. The Morgan fingerprint density at radius 1 is 0.829 bits per heavy atom. The van der Waals surface area contributed by atoms with E-state index in [9.17, 15) is 24.0 Å². The molecule has 1 aromatic rings. The quantitative estimate of drug-likeness (QED) is 0.161. The van der Waals surface area contributed by atoms with Crippen molar-refractivity contribution in [2.75, 3.05) is 59.5 Å². The Kier molecular flexibility index (Phi) is 12.2. The van der Waals surface area contributed by atoms with Crippen molar-refractivity contribution in [3.8, 4) is 5.75 Å². The molecule has 4 amide bonds. The van der Waals surface area contributed by atoms with Crippen molar-refractivity contribution in [1.29, 1.82) is 0 Å². The summed E-state index contributed by atoms with van der Waals surface area (Å²) in [6.45, 7) is 8.53. The first-order valence-corrected chi connectivity index (χ1v) is 13.6. The van der Waals surface area contributed by atoms with Crippen LogP contribution < -0.4 is 10.1 Å². The third kappa shape index (κ3) is 10.2. The molecule has 2 heterocycles. The predicted molar refractivity (Wildman–Crippen MR) is 142 cm³/mol. The zero-order chi connectivity index (χ0) is 29.8. The van der Waals surface area contributed by atoms with E-state index in [1.165, 1.54) is 12.1 Å². The number of hydrogen-bond donors (Lipinski definition) is 1. The van der Waals surface area contributed by atoms with Crippen molar-refractivity contribution >= 4 is 29.6 Å². The average molecular weight is 579 g/mol. The van der Waals surface area contributed by atoms with Crippen LogP contribution in [0.4, 0.5) is 0 Å². The summed E-state index contributed by atoms with van der Waals surface area (Å²) in [6, 6.07) is 3.52. The van der Waals surface area contributed by atoms with Crippen LogP contribution in [-0.4, -0.2) is 106 Å². The number of amides is 4. The van der Waals surface area contributed by atoms with E-state index in [1.807, 2.05) is 20.8 Å². The topological polar surface area (TPSA) is 156 Å². The molecule has 3 rings (SSSR count). The van der Waals surface area contributed by atoms with E-state index in [-0.39, 0.29) is 56.2 Å². The molecule has 0 spiro atoms. The number of carbonyl (C=O) groups is 5. The van der Waals surface area contributed by atoms with Crippen LogP contribution in [0.5, 0.6) is 5.75 Å². The van der Waals surface area contributed by atoms with Gasteiger partial charge in [0, 0.05) is 6.42 Å². The molecular weight excluding hydrogens is 540 g/mol. The van der Waals surface area contributed by atoms with Gasteiger partial charge in [-0.05, 0) is 45.4 Å². The molecule has 13 heteroatoms. The first-order chi connectivity index (χ1) is 19.6. The van der Waals surface area contributed by atoms with Gasteiger partial charge in [-0.3, -0.25) is 34.2 Å². The SMILES string of the molecule is CC(C)(C)OC(=O)CCOCCOCCOCCOCCOc1ccc2c(c1)C(=O)N(C1CCC(=O)NC1=O)C2=O. The number of imide groups is 2. The Bertz CT molecular complexity index is 1100. The maximum absolute atomic E-state index is 12.9. The van der Waals surface area contributed by atoms with Gasteiger partial charge in [-0.2, -0.15) is 0 Å². The summed E-state index contributed by atoms with van der Waals surface area (Å²) in [5, 5.41) is 2.17. The van der Waals surface area contributed by atoms with Crippen molar-refractivity contribution in [3.05, 3.63) is 29.3 Å². The van der Waals surface area contributed by atoms with Crippen LogP contribution in [0.1, 0.15) is 60.7 Å². The minimum atomic E-state index is -1.01. The number of esters is 1. The minimum absolute atomic E-state index is 0.0618.